The largest absolute Gasteiger partial charge is 0.487 e. The van der Waals surface area contributed by atoms with Crippen molar-refractivity contribution in [3.05, 3.63) is 28.8 Å². The Morgan fingerprint density at radius 3 is 2.90 bits per heavy atom. The number of ether oxygens (including phenoxy) is 3. The van der Waals surface area contributed by atoms with Crippen LogP contribution in [0.3, 0.4) is 0 Å². The Labute approximate surface area is 174 Å². The van der Waals surface area contributed by atoms with Crippen molar-refractivity contribution in [2.24, 2.45) is 11.8 Å². The van der Waals surface area contributed by atoms with Gasteiger partial charge < -0.3 is 24.2 Å². The fourth-order valence-electron chi connectivity index (χ4n) is 4.82. The predicted molar refractivity (Wildman–Crippen MR) is 105 cm³/mol. The number of carboxylic acid groups (broad SMARTS) is 1. The molecule has 29 heavy (non-hydrogen) atoms. The molecule has 1 amide bonds. The summed E-state index contributed by atoms with van der Waals surface area (Å²) in [4.78, 5) is 24.7. The van der Waals surface area contributed by atoms with Crippen LogP contribution in [0, 0.1) is 11.8 Å². The molecule has 0 aromatic heterocycles. The smallest absolute Gasteiger partial charge is 0.329 e. The summed E-state index contributed by atoms with van der Waals surface area (Å²) in [5.74, 6) is -0.0846. The fraction of sp³-hybridized carbons (Fsp3) is 0.619. The summed E-state index contributed by atoms with van der Waals surface area (Å²) in [6.07, 6.45) is 1.62. The molecule has 2 saturated heterocycles. The van der Waals surface area contributed by atoms with Crippen LogP contribution >= 0.6 is 11.6 Å². The molecule has 2 fully saturated rings. The normalized spacial score (nSPS) is 29.8. The van der Waals surface area contributed by atoms with E-state index in [0.717, 1.165) is 24.2 Å². The third-order valence-corrected chi connectivity index (χ3v) is 6.49. The van der Waals surface area contributed by atoms with Gasteiger partial charge in [-0.05, 0) is 44.9 Å². The lowest BCUT2D eigenvalue weighted by atomic mass is 9.70. The van der Waals surface area contributed by atoms with Crippen LogP contribution < -0.4 is 4.74 Å². The first-order valence-corrected chi connectivity index (χ1v) is 10.3. The number of hydrogen-bond acceptors (Lipinski definition) is 5. The lowest BCUT2D eigenvalue weighted by molar-refractivity contribution is -0.189. The van der Waals surface area contributed by atoms with E-state index in [9.17, 15) is 9.59 Å². The number of aliphatic carboxylic acids is 1. The summed E-state index contributed by atoms with van der Waals surface area (Å²) in [5, 5.41) is 9.32. The molecule has 1 N–H and O–H groups in total. The minimum absolute atomic E-state index is 0.0703. The number of amides is 1. The van der Waals surface area contributed by atoms with Crippen molar-refractivity contribution in [3.8, 4) is 5.75 Å². The molecule has 1 aromatic rings. The third-order valence-electron chi connectivity index (χ3n) is 6.26. The zero-order valence-electron chi connectivity index (χ0n) is 16.6. The van der Waals surface area contributed by atoms with Crippen LogP contribution in [0.15, 0.2) is 18.2 Å². The average molecular weight is 424 g/mol. The van der Waals surface area contributed by atoms with Gasteiger partial charge in [0, 0.05) is 35.5 Å². The van der Waals surface area contributed by atoms with Gasteiger partial charge in [0.2, 0.25) is 5.91 Å². The second kappa shape index (κ2) is 7.78. The molecule has 8 heteroatoms. The maximum absolute atomic E-state index is 12.4. The molecule has 158 valence electrons. The lowest BCUT2D eigenvalue weighted by Crippen LogP contribution is -2.56. The summed E-state index contributed by atoms with van der Waals surface area (Å²) in [6, 6.07) is 5.67. The summed E-state index contributed by atoms with van der Waals surface area (Å²) in [6.45, 7) is 4.65. The molecule has 7 nitrogen and oxygen atoms in total. The Balaban J connectivity index is 1.47. The topological polar surface area (TPSA) is 85.3 Å². The Bertz CT molecular complexity index is 812. The van der Waals surface area contributed by atoms with E-state index in [2.05, 4.69) is 13.8 Å². The molecule has 4 rings (SSSR count). The monoisotopic (exact) mass is 423 g/mol. The summed E-state index contributed by atoms with van der Waals surface area (Å²) in [7, 11) is 0. The number of likely N-dealkylation sites (tertiary alicyclic amines) is 1. The van der Waals surface area contributed by atoms with Crippen LogP contribution in [0.1, 0.15) is 38.4 Å². The highest BCUT2D eigenvalue weighted by molar-refractivity contribution is 6.30. The van der Waals surface area contributed by atoms with Crippen molar-refractivity contribution in [3.63, 3.8) is 0 Å². The van der Waals surface area contributed by atoms with Gasteiger partial charge in [-0.3, -0.25) is 4.79 Å². The molecule has 1 aromatic carbocycles. The lowest BCUT2D eigenvalue weighted by Gasteiger charge is -2.53. The van der Waals surface area contributed by atoms with Crippen molar-refractivity contribution in [1.29, 1.82) is 0 Å². The number of piperidine rings is 1. The first-order valence-electron chi connectivity index (χ1n) is 9.96. The molecule has 0 unspecified atom stereocenters. The maximum atomic E-state index is 12.4. The van der Waals surface area contributed by atoms with Gasteiger partial charge in [0.15, 0.2) is 0 Å². The molecule has 0 saturated carbocycles. The number of nitrogens with zero attached hydrogens (tertiary/aromatic N) is 1. The Morgan fingerprint density at radius 2 is 2.14 bits per heavy atom. The van der Waals surface area contributed by atoms with Gasteiger partial charge >= 0.3 is 5.97 Å². The zero-order valence-corrected chi connectivity index (χ0v) is 17.4. The third kappa shape index (κ3) is 4.09. The van der Waals surface area contributed by atoms with Crippen LogP contribution in [-0.2, 0) is 19.1 Å². The first-order chi connectivity index (χ1) is 13.7. The number of hydrogen-bond donors (Lipinski definition) is 1. The Kier molecular flexibility index (Phi) is 5.48. The van der Waals surface area contributed by atoms with Crippen LogP contribution in [0.25, 0.3) is 0 Å². The van der Waals surface area contributed by atoms with Gasteiger partial charge in [-0.2, -0.15) is 0 Å². The van der Waals surface area contributed by atoms with E-state index in [4.69, 9.17) is 30.9 Å². The van der Waals surface area contributed by atoms with Crippen LogP contribution in [-0.4, -0.2) is 59.9 Å². The Morgan fingerprint density at radius 1 is 1.34 bits per heavy atom. The molecule has 0 aliphatic carbocycles. The SMILES string of the molecule is CC1(C)Oc2ccc(Cl)cc2[C@H]2O[C@H]3CCN(C(=O)COCC(=O)O)C[C@@H]3C[C@@H]21. The van der Waals surface area contributed by atoms with Crippen LogP contribution in [0.4, 0.5) is 0 Å². The van der Waals surface area contributed by atoms with Gasteiger partial charge in [0.05, 0.1) is 12.2 Å². The molecule has 3 heterocycles. The van der Waals surface area contributed by atoms with E-state index in [1.165, 1.54) is 0 Å². The minimum Gasteiger partial charge on any atom is -0.487 e. The number of rotatable bonds is 4. The average Bonchev–Trinajstić information content (AvgIpc) is 2.66. The fourth-order valence-corrected chi connectivity index (χ4v) is 5.01. The van der Waals surface area contributed by atoms with E-state index >= 15 is 0 Å². The highest BCUT2D eigenvalue weighted by Gasteiger charge is 2.51. The number of carbonyl (C=O) groups excluding carboxylic acids is 1. The second-order valence-corrected chi connectivity index (χ2v) is 9.04. The maximum Gasteiger partial charge on any atom is 0.329 e. The molecule has 3 aliphatic rings. The van der Waals surface area contributed by atoms with E-state index in [1.54, 1.807) is 4.90 Å². The number of carboxylic acids is 1. The van der Waals surface area contributed by atoms with E-state index in [-0.39, 0.29) is 36.6 Å². The number of halogens is 1. The first kappa shape index (κ1) is 20.4. The van der Waals surface area contributed by atoms with Gasteiger partial charge in [-0.15, -0.1) is 0 Å². The minimum atomic E-state index is -1.08. The molecule has 3 aliphatic heterocycles. The summed E-state index contributed by atoms with van der Waals surface area (Å²) < 4.78 is 17.8. The molecule has 0 radical (unpaired) electrons. The van der Waals surface area contributed by atoms with E-state index in [1.807, 2.05) is 18.2 Å². The van der Waals surface area contributed by atoms with Gasteiger partial charge in [-0.25, -0.2) is 4.79 Å². The number of benzene rings is 1. The standard InChI is InChI=1S/C21H26ClNO6/c1-21(2)15-7-12-9-23(18(24)10-27-11-19(25)26)6-5-16(12)28-20(15)14-8-13(22)3-4-17(14)29-21/h3-4,8,12,15-16,20H,5-7,9-11H2,1-2H3,(H,25,26)/t12-,15-,16-,20+/m0/s1. The van der Waals surface area contributed by atoms with Crippen molar-refractivity contribution >= 4 is 23.5 Å². The Hall–Kier alpha value is -1.83. The molecule has 4 atom stereocenters. The van der Waals surface area contributed by atoms with Crippen molar-refractivity contribution < 1.29 is 28.9 Å². The molecular weight excluding hydrogens is 398 g/mol. The van der Waals surface area contributed by atoms with Crippen molar-refractivity contribution in [1.82, 2.24) is 4.90 Å². The van der Waals surface area contributed by atoms with Crippen LogP contribution in [0.5, 0.6) is 5.75 Å². The molecule has 0 spiro atoms. The zero-order chi connectivity index (χ0) is 20.8. The molecule has 0 bridgehead atoms. The highest BCUT2D eigenvalue weighted by Crippen LogP contribution is 2.53. The van der Waals surface area contributed by atoms with Crippen LogP contribution in [0.2, 0.25) is 5.02 Å². The predicted octanol–water partition coefficient (Wildman–Crippen LogP) is 2.91. The number of carbonyl (C=O) groups is 2. The van der Waals surface area contributed by atoms with Crippen molar-refractivity contribution in [2.45, 2.75) is 44.5 Å². The summed E-state index contributed by atoms with van der Waals surface area (Å²) in [5.41, 5.74) is 0.605. The highest BCUT2D eigenvalue weighted by atomic mass is 35.5. The van der Waals surface area contributed by atoms with Gasteiger partial charge in [0.1, 0.15) is 24.6 Å². The quantitative estimate of drug-likeness (QED) is 0.801. The summed E-state index contributed by atoms with van der Waals surface area (Å²) >= 11 is 6.23. The van der Waals surface area contributed by atoms with Gasteiger partial charge in [0.25, 0.3) is 0 Å². The molecular formula is C21H26ClNO6. The van der Waals surface area contributed by atoms with Crippen molar-refractivity contribution in [2.75, 3.05) is 26.3 Å². The van der Waals surface area contributed by atoms with Gasteiger partial charge in [-0.1, -0.05) is 11.6 Å². The van der Waals surface area contributed by atoms with E-state index in [0.29, 0.717) is 18.1 Å². The second-order valence-electron chi connectivity index (χ2n) is 8.60. The number of fused-ring (bicyclic) bond motifs is 4. The van der Waals surface area contributed by atoms with E-state index < -0.39 is 18.2 Å².